The number of nitrogens with two attached hydrogens (primary N) is 1. The number of aromatic nitrogens is 2. The van der Waals surface area contributed by atoms with Gasteiger partial charge in [0.05, 0.1) is 5.69 Å². The smallest absolute Gasteiger partial charge is 0.165 e. The summed E-state index contributed by atoms with van der Waals surface area (Å²) in [5.74, 6) is 5.87. The van der Waals surface area contributed by atoms with Crippen LogP contribution in [0.25, 0.3) is 11.3 Å². The highest BCUT2D eigenvalue weighted by Gasteiger charge is 2.04. The maximum atomic E-state index is 5.82. The van der Waals surface area contributed by atoms with Gasteiger partial charge >= 0.3 is 0 Å². The molecule has 0 aliphatic heterocycles. The van der Waals surface area contributed by atoms with Crippen LogP contribution in [0.1, 0.15) is 5.56 Å². The van der Waals surface area contributed by atoms with E-state index in [1.54, 1.807) is 0 Å². The van der Waals surface area contributed by atoms with E-state index in [-0.39, 0.29) is 0 Å². The quantitative estimate of drug-likeness (QED) is 0.619. The van der Waals surface area contributed by atoms with Crippen LogP contribution in [0.15, 0.2) is 30.3 Å². The van der Waals surface area contributed by atoms with E-state index in [0.717, 1.165) is 16.8 Å². The Morgan fingerprint density at radius 1 is 1.19 bits per heavy atom. The zero-order chi connectivity index (χ0) is 11.5. The summed E-state index contributed by atoms with van der Waals surface area (Å²) in [6.45, 7) is 1.92. The third kappa shape index (κ3) is 2.13. The predicted molar refractivity (Wildman–Crippen MR) is 65.0 cm³/mol. The summed E-state index contributed by atoms with van der Waals surface area (Å²) in [5, 5.41) is 8.75. The summed E-state index contributed by atoms with van der Waals surface area (Å²) in [7, 11) is 0. The van der Waals surface area contributed by atoms with Gasteiger partial charge in [-0.05, 0) is 30.7 Å². The zero-order valence-corrected chi connectivity index (χ0v) is 9.49. The minimum Gasteiger partial charge on any atom is -0.307 e. The van der Waals surface area contributed by atoms with Gasteiger partial charge in [-0.3, -0.25) is 0 Å². The van der Waals surface area contributed by atoms with Crippen LogP contribution in [-0.2, 0) is 0 Å². The molecule has 1 aromatic carbocycles. The van der Waals surface area contributed by atoms with Gasteiger partial charge in [0.25, 0.3) is 0 Å². The molecule has 0 radical (unpaired) electrons. The summed E-state index contributed by atoms with van der Waals surface area (Å²) in [6, 6.07) is 9.38. The van der Waals surface area contributed by atoms with Crippen molar-refractivity contribution >= 4 is 17.4 Å². The molecule has 1 heterocycles. The number of hydrogen-bond acceptors (Lipinski definition) is 4. The van der Waals surface area contributed by atoms with Crippen molar-refractivity contribution in [2.45, 2.75) is 6.92 Å². The molecule has 5 heteroatoms. The van der Waals surface area contributed by atoms with Crippen molar-refractivity contribution in [3.63, 3.8) is 0 Å². The van der Waals surface area contributed by atoms with Gasteiger partial charge < -0.3 is 5.43 Å². The lowest BCUT2D eigenvalue weighted by Gasteiger charge is -2.05. The first-order valence-corrected chi connectivity index (χ1v) is 5.15. The molecule has 2 aromatic rings. The van der Waals surface area contributed by atoms with Crippen LogP contribution in [0.5, 0.6) is 0 Å². The predicted octanol–water partition coefficient (Wildman–Crippen LogP) is 2.39. The van der Waals surface area contributed by atoms with Crippen LogP contribution in [0.3, 0.4) is 0 Å². The Bertz CT molecular complexity index is 496. The molecule has 0 spiro atoms. The standard InChI is InChI=1S/C11H11ClN4/c1-7-6-10(15-16-11(7)14-13)8-2-4-9(12)5-3-8/h2-6H,13H2,1H3,(H,14,16). The molecule has 4 nitrogen and oxygen atoms in total. The van der Waals surface area contributed by atoms with Crippen LogP contribution >= 0.6 is 11.6 Å². The number of nitrogens with one attached hydrogen (secondary N) is 1. The molecule has 0 amide bonds. The first-order chi connectivity index (χ1) is 7.70. The van der Waals surface area contributed by atoms with E-state index in [4.69, 9.17) is 17.4 Å². The number of benzene rings is 1. The molecule has 16 heavy (non-hydrogen) atoms. The SMILES string of the molecule is Cc1cc(-c2ccc(Cl)cc2)nnc1NN. The van der Waals surface area contributed by atoms with Gasteiger partial charge in [-0.1, -0.05) is 23.7 Å². The number of halogens is 1. The van der Waals surface area contributed by atoms with Crippen molar-refractivity contribution in [3.05, 3.63) is 40.9 Å². The van der Waals surface area contributed by atoms with Gasteiger partial charge in [-0.25, -0.2) is 5.84 Å². The van der Waals surface area contributed by atoms with Crippen molar-refractivity contribution in [1.29, 1.82) is 0 Å². The van der Waals surface area contributed by atoms with Gasteiger partial charge in [0.15, 0.2) is 5.82 Å². The van der Waals surface area contributed by atoms with Crippen LogP contribution < -0.4 is 11.3 Å². The number of anilines is 1. The third-order valence-electron chi connectivity index (χ3n) is 2.26. The maximum Gasteiger partial charge on any atom is 0.165 e. The lowest BCUT2D eigenvalue weighted by molar-refractivity contribution is 1.01. The van der Waals surface area contributed by atoms with E-state index in [2.05, 4.69) is 15.6 Å². The summed E-state index contributed by atoms with van der Waals surface area (Å²) >= 11 is 5.82. The molecule has 0 aliphatic rings. The minimum absolute atomic E-state index is 0.581. The van der Waals surface area contributed by atoms with Crippen molar-refractivity contribution in [2.75, 3.05) is 5.43 Å². The highest BCUT2D eigenvalue weighted by Crippen LogP contribution is 2.21. The van der Waals surface area contributed by atoms with E-state index >= 15 is 0 Å². The van der Waals surface area contributed by atoms with E-state index in [9.17, 15) is 0 Å². The van der Waals surface area contributed by atoms with Crippen LogP contribution in [0.4, 0.5) is 5.82 Å². The van der Waals surface area contributed by atoms with Crippen molar-refractivity contribution in [2.24, 2.45) is 5.84 Å². The number of rotatable bonds is 2. The molecule has 0 atom stereocenters. The normalized spacial score (nSPS) is 10.2. The van der Waals surface area contributed by atoms with E-state index < -0.39 is 0 Å². The van der Waals surface area contributed by atoms with Gasteiger partial charge in [0.1, 0.15) is 0 Å². The fourth-order valence-electron chi connectivity index (χ4n) is 1.39. The Morgan fingerprint density at radius 2 is 1.88 bits per heavy atom. The number of nitrogens with zero attached hydrogens (tertiary/aromatic N) is 2. The molecule has 2 rings (SSSR count). The average molecular weight is 235 g/mol. The maximum absolute atomic E-state index is 5.82. The second-order valence-electron chi connectivity index (χ2n) is 3.41. The molecular formula is C11H11ClN4. The molecule has 0 bridgehead atoms. The first-order valence-electron chi connectivity index (χ1n) is 4.77. The van der Waals surface area contributed by atoms with Gasteiger partial charge in [0, 0.05) is 10.6 Å². The fourth-order valence-corrected chi connectivity index (χ4v) is 1.52. The van der Waals surface area contributed by atoms with Crippen LogP contribution in [0, 0.1) is 6.92 Å². The van der Waals surface area contributed by atoms with Gasteiger partial charge in [-0.15, -0.1) is 10.2 Å². The molecule has 1 aromatic heterocycles. The van der Waals surface area contributed by atoms with Crippen molar-refractivity contribution < 1.29 is 0 Å². The highest BCUT2D eigenvalue weighted by atomic mass is 35.5. The average Bonchev–Trinajstić information content (AvgIpc) is 2.30. The van der Waals surface area contributed by atoms with E-state index in [1.165, 1.54) is 0 Å². The number of nitrogen functional groups attached to an aromatic ring is 1. The molecule has 82 valence electrons. The highest BCUT2D eigenvalue weighted by molar-refractivity contribution is 6.30. The topological polar surface area (TPSA) is 63.8 Å². The Hall–Kier alpha value is -1.65. The molecule has 0 aliphatic carbocycles. The van der Waals surface area contributed by atoms with Gasteiger partial charge in [0.2, 0.25) is 0 Å². The Balaban J connectivity index is 2.41. The van der Waals surface area contributed by atoms with Crippen molar-refractivity contribution in [1.82, 2.24) is 10.2 Å². The van der Waals surface area contributed by atoms with E-state index in [1.807, 2.05) is 37.3 Å². The molecule has 0 saturated heterocycles. The largest absolute Gasteiger partial charge is 0.307 e. The molecule has 0 saturated carbocycles. The summed E-state index contributed by atoms with van der Waals surface area (Å²) in [6.07, 6.45) is 0. The fraction of sp³-hybridized carbons (Fsp3) is 0.0909. The Labute approximate surface area is 98.4 Å². The van der Waals surface area contributed by atoms with Crippen LogP contribution in [-0.4, -0.2) is 10.2 Å². The van der Waals surface area contributed by atoms with Gasteiger partial charge in [-0.2, -0.15) is 0 Å². The zero-order valence-electron chi connectivity index (χ0n) is 8.74. The van der Waals surface area contributed by atoms with E-state index in [0.29, 0.717) is 10.8 Å². The second kappa shape index (κ2) is 4.47. The second-order valence-corrected chi connectivity index (χ2v) is 3.85. The molecular weight excluding hydrogens is 224 g/mol. The summed E-state index contributed by atoms with van der Waals surface area (Å²) in [5.41, 5.74) is 5.21. The summed E-state index contributed by atoms with van der Waals surface area (Å²) in [4.78, 5) is 0. The monoisotopic (exact) mass is 234 g/mol. The Kier molecular flexibility index (Phi) is 3.03. The molecule has 0 fully saturated rings. The molecule has 3 N–H and O–H groups in total. The lowest BCUT2D eigenvalue weighted by atomic mass is 10.1. The Morgan fingerprint density at radius 3 is 2.44 bits per heavy atom. The molecule has 0 unspecified atom stereocenters. The lowest BCUT2D eigenvalue weighted by Crippen LogP contribution is -2.11. The third-order valence-corrected chi connectivity index (χ3v) is 2.51. The van der Waals surface area contributed by atoms with Crippen LogP contribution in [0.2, 0.25) is 5.02 Å². The number of hydrogen-bond donors (Lipinski definition) is 2. The number of hydrazine groups is 1. The minimum atomic E-state index is 0.581. The number of aryl methyl sites for hydroxylation is 1. The first kappa shape index (κ1) is 10.9. The van der Waals surface area contributed by atoms with Crippen molar-refractivity contribution in [3.8, 4) is 11.3 Å². The summed E-state index contributed by atoms with van der Waals surface area (Å²) < 4.78 is 0.